The standard InChI is InChI=1S/C12H19N5O3S/c1-4-13-7-11-12(9(3)15-16-11)21(18,19)14-6-10-5-8(2)17-20-10/h5,13-14H,4,6-7H2,1-3H3,(H,15,16). The van der Waals surface area contributed by atoms with Crippen molar-refractivity contribution in [1.82, 2.24) is 25.4 Å². The summed E-state index contributed by atoms with van der Waals surface area (Å²) in [6.07, 6.45) is 0. The number of hydrogen-bond acceptors (Lipinski definition) is 6. The van der Waals surface area contributed by atoms with Gasteiger partial charge in [0.05, 0.1) is 23.6 Å². The number of hydrogen-bond donors (Lipinski definition) is 3. The summed E-state index contributed by atoms with van der Waals surface area (Å²) in [4.78, 5) is 0.180. The molecular formula is C12H19N5O3S. The Hall–Kier alpha value is -1.71. The Labute approximate surface area is 123 Å². The van der Waals surface area contributed by atoms with E-state index in [1.807, 2.05) is 6.92 Å². The molecule has 116 valence electrons. The van der Waals surface area contributed by atoms with Crippen molar-refractivity contribution in [2.24, 2.45) is 0 Å². The number of rotatable bonds is 7. The second-order valence-electron chi connectivity index (χ2n) is 4.66. The van der Waals surface area contributed by atoms with Gasteiger partial charge in [0.2, 0.25) is 10.0 Å². The molecule has 0 aliphatic heterocycles. The van der Waals surface area contributed by atoms with Crippen LogP contribution in [0.4, 0.5) is 0 Å². The molecule has 0 unspecified atom stereocenters. The number of aryl methyl sites for hydroxylation is 2. The molecule has 2 heterocycles. The molecule has 3 N–H and O–H groups in total. The fourth-order valence-electron chi connectivity index (χ4n) is 1.93. The van der Waals surface area contributed by atoms with Crippen molar-refractivity contribution in [3.8, 4) is 0 Å². The highest BCUT2D eigenvalue weighted by atomic mass is 32.2. The topological polar surface area (TPSA) is 113 Å². The van der Waals surface area contributed by atoms with Gasteiger partial charge in [0.15, 0.2) is 5.76 Å². The maximum absolute atomic E-state index is 12.4. The van der Waals surface area contributed by atoms with Crippen LogP contribution in [0.15, 0.2) is 15.5 Å². The van der Waals surface area contributed by atoms with E-state index in [-0.39, 0.29) is 11.4 Å². The normalized spacial score (nSPS) is 12.0. The molecule has 2 rings (SSSR count). The Bertz CT molecular complexity index is 704. The van der Waals surface area contributed by atoms with E-state index in [1.165, 1.54) is 0 Å². The van der Waals surface area contributed by atoms with Crippen LogP contribution in [0, 0.1) is 13.8 Å². The molecule has 8 nitrogen and oxygen atoms in total. The smallest absolute Gasteiger partial charge is 0.244 e. The van der Waals surface area contributed by atoms with Gasteiger partial charge in [0.1, 0.15) is 4.90 Å². The summed E-state index contributed by atoms with van der Waals surface area (Å²) < 4.78 is 32.3. The Morgan fingerprint density at radius 1 is 1.33 bits per heavy atom. The largest absolute Gasteiger partial charge is 0.360 e. The molecule has 0 fully saturated rings. The van der Waals surface area contributed by atoms with E-state index in [4.69, 9.17) is 4.52 Å². The highest BCUT2D eigenvalue weighted by molar-refractivity contribution is 7.89. The number of H-pyrrole nitrogens is 1. The van der Waals surface area contributed by atoms with E-state index in [9.17, 15) is 8.42 Å². The highest BCUT2D eigenvalue weighted by Gasteiger charge is 2.24. The average Bonchev–Trinajstić information content (AvgIpc) is 3.00. The predicted octanol–water partition coefficient (Wildman–Crippen LogP) is 0.603. The summed E-state index contributed by atoms with van der Waals surface area (Å²) in [5, 5.41) is 13.5. The Kier molecular flexibility index (Phi) is 4.76. The minimum absolute atomic E-state index is 0.0500. The Balaban J connectivity index is 2.17. The van der Waals surface area contributed by atoms with Gasteiger partial charge < -0.3 is 9.84 Å². The molecule has 2 aromatic heterocycles. The zero-order valence-corrected chi connectivity index (χ0v) is 13.0. The van der Waals surface area contributed by atoms with Crippen LogP contribution in [0.3, 0.4) is 0 Å². The van der Waals surface area contributed by atoms with Crippen LogP contribution in [0.1, 0.15) is 29.8 Å². The SMILES string of the molecule is CCNCc1n[nH]c(C)c1S(=O)(=O)NCc1cc(C)no1. The van der Waals surface area contributed by atoms with Crippen molar-refractivity contribution in [2.75, 3.05) is 6.54 Å². The van der Waals surface area contributed by atoms with Crippen LogP contribution in [0.2, 0.25) is 0 Å². The van der Waals surface area contributed by atoms with E-state index >= 15 is 0 Å². The Morgan fingerprint density at radius 2 is 2.10 bits per heavy atom. The van der Waals surface area contributed by atoms with E-state index in [2.05, 4.69) is 25.4 Å². The van der Waals surface area contributed by atoms with Crippen LogP contribution in [0.5, 0.6) is 0 Å². The minimum Gasteiger partial charge on any atom is -0.360 e. The molecule has 0 saturated carbocycles. The van der Waals surface area contributed by atoms with Crippen LogP contribution >= 0.6 is 0 Å². The summed E-state index contributed by atoms with van der Waals surface area (Å²) in [6, 6.07) is 1.68. The first kappa shape index (κ1) is 15.7. The molecule has 0 atom stereocenters. The molecule has 0 spiro atoms. The van der Waals surface area contributed by atoms with Crippen LogP contribution < -0.4 is 10.0 Å². The zero-order chi connectivity index (χ0) is 15.5. The number of nitrogens with zero attached hydrogens (tertiary/aromatic N) is 2. The maximum atomic E-state index is 12.4. The molecule has 21 heavy (non-hydrogen) atoms. The summed E-state index contributed by atoms with van der Waals surface area (Å²) in [5.74, 6) is 0.463. The summed E-state index contributed by atoms with van der Waals surface area (Å²) in [5.41, 5.74) is 1.68. The van der Waals surface area contributed by atoms with E-state index in [1.54, 1.807) is 19.9 Å². The van der Waals surface area contributed by atoms with E-state index < -0.39 is 10.0 Å². The van der Waals surface area contributed by atoms with Gasteiger partial charge in [-0.3, -0.25) is 5.10 Å². The number of aromatic nitrogens is 3. The molecule has 0 amide bonds. The lowest BCUT2D eigenvalue weighted by Gasteiger charge is -2.07. The highest BCUT2D eigenvalue weighted by Crippen LogP contribution is 2.18. The van der Waals surface area contributed by atoms with Crippen molar-refractivity contribution in [3.63, 3.8) is 0 Å². The molecule has 0 saturated heterocycles. The molecule has 0 radical (unpaired) electrons. The van der Waals surface area contributed by atoms with E-state index in [0.29, 0.717) is 29.4 Å². The molecule has 0 bridgehead atoms. The van der Waals surface area contributed by atoms with Gasteiger partial charge in [0.25, 0.3) is 0 Å². The first-order valence-electron chi connectivity index (χ1n) is 6.60. The van der Waals surface area contributed by atoms with E-state index in [0.717, 1.165) is 6.54 Å². The molecule has 0 aliphatic rings. The van der Waals surface area contributed by atoms with Gasteiger partial charge in [-0.05, 0) is 20.4 Å². The first-order valence-corrected chi connectivity index (χ1v) is 8.08. The monoisotopic (exact) mass is 313 g/mol. The fraction of sp³-hybridized carbons (Fsp3) is 0.500. The lowest BCUT2D eigenvalue weighted by Crippen LogP contribution is -2.25. The van der Waals surface area contributed by atoms with Crippen molar-refractivity contribution < 1.29 is 12.9 Å². The lowest BCUT2D eigenvalue weighted by atomic mass is 10.3. The van der Waals surface area contributed by atoms with Gasteiger partial charge in [-0.25, -0.2) is 13.1 Å². The first-order chi connectivity index (χ1) is 9.94. The van der Waals surface area contributed by atoms with Crippen molar-refractivity contribution in [1.29, 1.82) is 0 Å². The van der Waals surface area contributed by atoms with Crippen molar-refractivity contribution in [2.45, 2.75) is 38.8 Å². The maximum Gasteiger partial charge on any atom is 0.244 e. The van der Waals surface area contributed by atoms with Crippen LogP contribution in [0.25, 0.3) is 0 Å². The van der Waals surface area contributed by atoms with Crippen LogP contribution in [-0.4, -0.2) is 30.3 Å². The van der Waals surface area contributed by atoms with Gasteiger partial charge in [-0.15, -0.1) is 0 Å². The van der Waals surface area contributed by atoms with Crippen molar-refractivity contribution >= 4 is 10.0 Å². The van der Waals surface area contributed by atoms with Crippen LogP contribution in [-0.2, 0) is 23.1 Å². The van der Waals surface area contributed by atoms with Gasteiger partial charge >= 0.3 is 0 Å². The summed E-state index contributed by atoms with van der Waals surface area (Å²) in [7, 11) is -3.67. The van der Waals surface area contributed by atoms with Gasteiger partial charge in [-0.2, -0.15) is 5.10 Å². The van der Waals surface area contributed by atoms with Gasteiger partial charge in [0, 0.05) is 12.6 Å². The molecule has 0 aromatic carbocycles. The summed E-state index contributed by atoms with van der Waals surface area (Å²) >= 11 is 0. The predicted molar refractivity (Wildman–Crippen MR) is 76.0 cm³/mol. The third kappa shape index (κ3) is 3.69. The third-order valence-electron chi connectivity index (χ3n) is 2.89. The fourth-order valence-corrected chi connectivity index (χ4v) is 3.28. The number of sulfonamides is 1. The molecule has 2 aromatic rings. The summed E-state index contributed by atoms with van der Waals surface area (Å²) in [6.45, 7) is 6.56. The minimum atomic E-state index is -3.67. The van der Waals surface area contributed by atoms with Gasteiger partial charge in [-0.1, -0.05) is 12.1 Å². The molecule has 9 heteroatoms. The van der Waals surface area contributed by atoms with Crippen molar-refractivity contribution in [3.05, 3.63) is 28.9 Å². The third-order valence-corrected chi connectivity index (χ3v) is 4.49. The lowest BCUT2D eigenvalue weighted by molar-refractivity contribution is 0.377. The molecular weight excluding hydrogens is 294 g/mol. The number of nitrogens with one attached hydrogen (secondary N) is 3. The second-order valence-corrected chi connectivity index (χ2v) is 6.37. The quantitative estimate of drug-likeness (QED) is 0.690. The average molecular weight is 313 g/mol. The Morgan fingerprint density at radius 3 is 2.71 bits per heavy atom. The zero-order valence-electron chi connectivity index (χ0n) is 12.2. The molecule has 0 aliphatic carbocycles. The number of aromatic amines is 1. The second kappa shape index (κ2) is 6.37.